The minimum Gasteiger partial charge on any atom is -0.373 e. The molecule has 1 amide bonds. The molecule has 0 radical (unpaired) electrons. The van der Waals surface area contributed by atoms with Gasteiger partial charge in [-0.25, -0.2) is 4.99 Å². The summed E-state index contributed by atoms with van der Waals surface area (Å²) in [5.41, 5.74) is 3.07. The number of morpholine rings is 1. The molecule has 4 rings (SSSR count). The van der Waals surface area contributed by atoms with E-state index in [2.05, 4.69) is 57.7 Å². The fourth-order valence-electron chi connectivity index (χ4n) is 4.44. The molecule has 2 fully saturated rings. The number of amides is 1. The van der Waals surface area contributed by atoms with E-state index in [0.717, 1.165) is 50.9 Å². The lowest BCUT2D eigenvalue weighted by Gasteiger charge is -2.36. The molecule has 2 aliphatic heterocycles. The summed E-state index contributed by atoms with van der Waals surface area (Å²) in [6.45, 7) is 7.89. The smallest absolute Gasteiger partial charge is 0.251 e. The van der Waals surface area contributed by atoms with E-state index >= 15 is 0 Å². The zero-order valence-corrected chi connectivity index (χ0v) is 21.7. The van der Waals surface area contributed by atoms with Crippen molar-refractivity contribution >= 4 is 35.8 Å². The lowest BCUT2D eigenvalue weighted by Crippen LogP contribution is -2.50. The Labute approximate surface area is 213 Å². The van der Waals surface area contributed by atoms with Crippen LogP contribution < -0.4 is 10.6 Å². The molecule has 7 nitrogen and oxygen atoms in total. The van der Waals surface area contributed by atoms with Gasteiger partial charge in [0.2, 0.25) is 0 Å². The molecule has 2 N–H and O–H groups in total. The summed E-state index contributed by atoms with van der Waals surface area (Å²) in [5, 5.41) is 6.09. The molecule has 2 unspecified atom stereocenters. The molecule has 8 heteroatoms. The van der Waals surface area contributed by atoms with Crippen LogP contribution in [0.25, 0.3) is 0 Å². The molecule has 0 spiro atoms. The number of benzene rings is 2. The SMILES string of the molecule is CCNC(=NCc1ccc(C(=O)NC)cc1)N1CC2OCCN(Cc3ccccc3)C2C1.I. The average molecular weight is 563 g/mol. The van der Waals surface area contributed by atoms with Crippen molar-refractivity contribution in [2.45, 2.75) is 32.2 Å². The van der Waals surface area contributed by atoms with Gasteiger partial charge in [-0.1, -0.05) is 42.5 Å². The zero-order valence-electron chi connectivity index (χ0n) is 19.4. The van der Waals surface area contributed by atoms with E-state index in [1.807, 2.05) is 24.3 Å². The van der Waals surface area contributed by atoms with Crippen molar-refractivity contribution in [2.75, 3.05) is 39.8 Å². The van der Waals surface area contributed by atoms with E-state index in [9.17, 15) is 4.79 Å². The maximum Gasteiger partial charge on any atom is 0.251 e. The fraction of sp³-hybridized carbons (Fsp3) is 0.440. The number of rotatable bonds is 6. The van der Waals surface area contributed by atoms with Crippen LogP contribution in [0.2, 0.25) is 0 Å². The Morgan fingerprint density at radius 1 is 1.09 bits per heavy atom. The third-order valence-corrected chi connectivity index (χ3v) is 6.13. The Morgan fingerprint density at radius 3 is 2.55 bits per heavy atom. The average Bonchev–Trinajstić information content (AvgIpc) is 3.27. The number of ether oxygens (including phenoxy) is 1. The fourth-order valence-corrected chi connectivity index (χ4v) is 4.44. The quantitative estimate of drug-likeness (QED) is 0.322. The van der Waals surface area contributed by atoms with Crippen LogP contribution in [0.4, 0.5) is 0 Å². The van der Waals surface area contributed by atoms with Gasteiger partial charge in [-0.05, 0) is 30.2 Å². The predicted octanol–water partition coefficient (Wildman–Crippen LogP) is 2.71. The van der Waals surface area contributed by atoms with Gasteiger partial charge in [0.05, 0.1) is 25.3 Å². The Kier molecular flexibility index (Phi) is 9.52. The number of carbonyl (C=O) groups is 1. The second kappa shape index (κ2) is 12.3. The van der Waals surface area contributed by atoms with Crippen LogP contribution in [0.1, 0.15) is 28.4 Å². The Balaban J connectivity index is 0.00000306. The van der Waals surface area contributed by atoms with Crippen LogP contribution in [0.15, 0.2) is 59.6 Å². The summed E-state index contributed by atoms with van der Waals surface area (Å²) in [4.78, 5) is 21.5. The van der Waals surface area contributed by atoms with E-state index in [4.69, 9.17) is 9.73 Å². The number of likely N-dealkylation sites (tertiary alicyclic amines) is 1. The largest absolute Gasteiger partial charge is 0.373 e. The third kappa shape index (κ3) is 6.45. The molecule has 178 valence electrons. The topological polar surface area (TPSA) is 69.2 Å². The van der Waals surface area contributed by atoms with Crippen LogP contribution in [0.5, 0.6) is 0 Å². The Bertz CT molecular complexity index is 922. The standard InChI is InChI=1S/C25H33N5O2.HI/c1-3-27-25(28-15-19-9-11-21(12-10-19)24(31)26-2)30-17-22-23(18-30)32-14-13-29(22)16-20-7-5-4-6-8-20;/h4-12,22-23H,3,13-18H2,1-2H3,(H,26,31)(H,27,28);1H. The first-order valence-corrected chi connectivity index (χ1v) is 11.4. The van der Waals surface area contributed by atoms with Crippen molar-refractivity contribution in [3.63, 3.8) is 0 Å². The van der Waals surface area contributed by atoms with Gasteiger partial charge in [0.25, 0.3) is 5.91 Å². The number of aliphatic imine (C=N–C) groups is 1. The summed E-state index contributed by atoms with van der Waals surface area (Å²) in [6, 6.07) is 18.6. The van der Waals surface area contributed by atoms with Gasteiger partial charge in [0, 0.05) is 45.3 Å². The zero-order chi connectivity index (χ0) is 22.3. The maximum atomic E-state index is 11.7. The number of carbonyl (C=O) groups excluding carboxylic acids is 1. The normalized spacial score (nSPS) is 20.7. The molecule has 2 heterocycles. The highest BCUT2D eigenvalue weighted by Crippen LogP contribution is 2.25. The summed E-state index contributed by atoms with van der Waals surface area (Å²) < 4.78 is 6.13. The number of hydrogen-bond acceptors (Lipinski definition) is 4. The molecular weight excluding hydrogens is 529 g/mol. The van der Waals surface area contributed by atoms with Gasteiger partial charge in [-0.3, -0.25) is 9.69 Å². The summed E-state index contributed by atoms with van der Waals surface area (Å²) in [6.07, 6.45) is 0.197. The van der Waals surface area contributed by atoms with Crippen molar-refractivity contribution < 1.29 is 9.53 Å². The van der Waals surface area contributed by atoms with Crippen molar-refractivity contribution in [1.82, 2.24) is 20.4 Å². The third-order valence-electron chi connectivity index (χ3n) is 6.13. The number of nitrogens with zero attached hydrogens (tertiary/aromatic N) is 3. The maximum absolute atomic E-state index is 11.7. The molecule has 0 bridgehead atoms. The molecule has 0 saturated carbocycles. The lowest BCUT2D eigenvalue weighted by atomic mass is 10.1. The van der Waals surface area contributed by atoms with Crippen molar-refractivity contribution in [2.24, 2.45) is 4.99 Å². The van der Waals surface area contributed by atoms with Crippen molar-refractivity contribution in [1.29, 1.82) is 0 Å². The number of halogens is 1. The minimum atomic E-state index is -0.0758. The molecule has 2 atom stereocenters. The predicted molar refractivity (Wildman–Crippen MR) is 142 cm³/mol. The van der Waals surface area contributed by atoms with Crippen LogP contribution >= 0.6 is 24.0 Å². The molecule has 33 heavy (non-hydrogen) atoms. The molecule has 2 aliphatic rings. The number of hydrogen-bond donors (Lipinski definition) is 2. The second-order valence-electron chi connectivity index (χ2n) is 8.28. The Morgan fingerprint density at radius 2 is 1.85 bits per heavy atom. The first kappa shape index (κ1) is 25.5. The van der Waals surface area contributed by atoms with Crippen molar-refractivity contribution in [3.8, 4) is 0 Å². The first-order valence-electron chi connectivity index (χ1n) is 11.4. The molecule has 0 aromatic heterocycles. The van der Waals surface area contributed by atoms with E-state index in [-0.39, 0.29) is 36.0 Å². The number of fused-ring (bicyclic) bond motifs is 1. The first-order chi connectivity index (χ1) is 15.7. The molecule has 2 aromatic carbocycles. The number of nitrogens with one attached hydrogen (secondary N) is 2. The second-order valence-corrected chi connectivity index (χ2v) is 8.28. The highest BCUT2D eigenvalue weighted by Gasteiger charge is 2.41. The van der Waals surface area contributed by atoms with Gasteiger partial charge in [0.1, 0.15) is 0 Å². The van der Waals surface area contributed by atoms with Crippen LogP contribution in [0.3, 0.4) is 0 Å². The van der Waals surface area contributed by atoms with Gasteiger partial charge >= 0.3 is 0 Å². The highest BCUT2D eigenvalue weighted by atomic mass is 127. The molecular formula is C25H34IN5O2. The van der Waals surface area contributed by atoms with Gasteiger partial charge in [-0.2, -0.15) is 0 Å². The van der Waals surface area contributed by atoms with E-state index < -0.39 is 0 Å². The van der Waals surface area contributed by atoms with E-state index in [1.54, 1.807) is 7.05 Å². The van der Waals surface area contributed by atoms with E-state index in [0.29, 0.717) is 18.2 Å². The van der Waals surface area contributed by atoms with E-state index in [1.165, 1.54) is 5.56 Å². The van der Waals surface area contributed by atoms with Crippen molar-refractivity contribution in [3.05, 3.63) is 71.3 Å². The highest BCUT2D eigenvalue weighted by molar-refractivity contribution is 14.0. The molecule has 2 saturated heterocycles. The van der Waals surface area contributed by atoms with Crippen LogP contribution in [0, 0.1) is 0 Å². The minimum absolute atomic E-state index is 0. The van der Waals surface area contributed by atoms with Crippen LogP contribution in [-0.2, 0) is 17.8 Å². The lowest BCUT2D eigenvalue weighted by molar-refractivity contribution is -0.0502. The van der Waals surface area contributed by atoms with Gasteiger partial charge in [-0.15, -0.1) is 24.0 Å². The monoisotopic (exact) mass is 563 g/mol. The van der Waals surface area contributed by atoms with Gasteiger partial charge in [0.15, 0.2) is 5.96 Å². The Hall–Kier alpha value is -2.17. The summed E-state index contributed by atoms with van der Waals surface area (Å²) in [7, 11) is 1.64. The van der Waals surface area contributed by atoms with Crippen LogP contribution in [-0.4, -0.2) is 73.6 Å². The van der Waals surface area contributed by atoms with Gasteiger partial charge < -0.3 is 20.3 Å². The summed E-state index contributed by atoms with van der Waals surface area (Å²) in [5.74, 6) is 0.841. The number of guanidine groups is 1. The molecule has 2 aromatic rings. The summed E-state index contributed by atoms with van der Waals surface area (Å²) >= 11 is 0. The molecule has 0 aliphatic carbocycles.